The van der Waals surface area contributed by atoms with Gasteiger partial charge in [0.2, 0.25) is 5.16 Å². The highest BCUT2D eigenvalue weighted by atomic mass is 35.5. The van der Waals surface area contributed by atoms with Gasteiger partial charge in [-0.1, -0.05) is 43.3 Å². The quantitative estimate of drug-likeness (QED) is 0.730. The summed E-state index contributed by atoms with van der Waals surface area (Å²) >= 11 is 6.99. The predicted octanol–water partition coefficient (Wildman–Crippen LogP) is 2.17. The fraction of sp³-hybridized carbons (Fsp3) is 0.625. The second kappa shape index (κ2) is 6.03. The van der Waals surface area contributed by atoms with Crippen molar-refractivity contribution in [2.75, 3.05) is 5.75 Å². The highest BCUT2D eigenvalue weighted by molar-refractivity contribution is 7.99. The molecule has 0 atom stereocenters. The molecule has 0 aliphatic rings. The Balaban J connectivity index is 2.53. The first-order valence-corrected chi connectivity index (χ1v) is 5.80. The summed E-state index contributed by atoms with van der Waals surface area (Å²) in [6.07, 6.45) is 1.86. The van der Waals surface area contributed by atoms with Gasteiger partial charge in [-0.15, -0.1) is 5.10 Å². The normalized spacial score (nSPS) is 11.7. The Hall–Kier alpha value is -0.550. The van der Waals surface area contributed by atoms with E-state index in [2.05, 4.69) is 29.4 Å². The number of tetrazole rings is 1. The first kappa shape index (κ1) is 11.5. The zero-order chi connectivity index (χ0) is 10.4. The third-order valence-electron chi connectivity index (χ3n) is 1.43. The van der Waals surface area contributed by atoms with Gasteiger partial charge in [0.05, 0.1) is 0 Å². The molecule has 0 bridgehead atoms. The van der Waals surface area contributed by atoms with Crippen molar-refractivity contribution >= 4 is 23.4 Å². The summed E-state index contributed by atoms with van der Waals surface area (Å²) in [5.41, 5.74) is 1.50. The maximum atomic E-state index is 5.41. The van der Waals surface area contributed by atoms with E-state index in [1.165, 1.54) is 5.54 Å². The zero-order valence-electron chi connectivity index (χ0n) is 8.22. The average Bonchev–Trinajstić information content (AvgIpc) is 2.52. The Kier molecular flexibility index (Phi) is 4.97. The van der Waals surface area contributed by atoms with Crippen molar-refractivity contribution in [3.63, 3.8) is 0 Å². The molecule has 0 N–H and O–H groups in total. The third kappa shape index (κ3) is 3.67. The lowest BCUT2D eigenvalue weighted by Gasteiger charge is -2.05. The van der Waals surface area contributed by atoms with Crippen LogP contribution in [0.5, 0.6) is 0 Å². The van der Waals surface area contributed by atoms with Crippen LogP contribution in [0, 0.1) is 5.92 Å². The van der Waals surface area contributed by atoms with Gasteiger partial charge in [0.1, 0.15) is 0 Å². The lowest BCUT2D eigenvalue weighted by molar-refractivity contribution is 0.446. The van der Waals surface area contributed by atoms with Gasteiger partial charge in [0.25, 0.3) is 0 Å². The molecular weight excluding hydrogens is 220 g/mol. The molecule has 0 spiro atoms. The Morgan fingerprint density at radius 3 is 3.00 bits per heavy atom. The molecule has 0 unspecified atom stereocenters. The largest absolute Gasteiger partial charge is 0.220 e. The number of halogens is 1. The van der Waals surface area contributed by atoms with Crippen LogP contribution in [0.25, 0.3) is 0 Å². The molecule has 6 heteroatoms. The maximum Gasteiger partial charge on any atom is 0.209 e. The number of hydrogen-bond donors (Lipinski definition) is 0. The molecule has 0 fully saturated rings. The molecule has 1 heterocycles. The first-order valence-electron chi connectivity index (χ1n) is 4.38. The highest BCUT2D eigenvalue weighted by Crippen LogP contribution is 2.14. The maximum absolute atomic E-state index is 5.41. The Morgan fingerprint density at radius 2 is 2.36 bits per heavy atom. The molecule has 1 aromatic rings. The summed E-state index contributed by atoms with van der Waals surface area (Å²) < 4.78 is 1.82. The van der Waals surface area contributed by atoms with E-state index in [1.54, 1.807) is 11.8 Å². The smallest absolute Gasteiger partial charge is 0.209 e. The molecule has 0 saturated heterocycles. The summed E-state index contributed by atoms with van der Waals surface area (Å²) in [7, 11) is 0. The summed E-state index contributed by atoms with van der Waals surface area (Å²) in [6, 6.07) is 0. The monoisotopic (exact) mass is 232 g/mol. The van der Waals surface area contributed by atoms with E-state index in [1.807, 2.05) is 10.8 Å². The third-order valence-corrected chi connectivity index (χ3v) is 2.52. The standard InChI is InChI=1S/C8H13ClN4S/c1-7(2)6-13-8(10-11-12-13)14-5-3-4-9/h3-4,7H,5-6H2,1-2H3/b4-3+. The van der Waals surface area contributed by atoms with Crippen LogP contribution in [-0.2, 0) is 6.54 Å². The number of rotatable bonds is 5. The van der Waals surface area contributed by atoms with Gasteiger partial charge in [-0.2, -0.15) is 0 Å². The van der Waals surface area contributed by atoms with Crippen LogP contribution < -0.4 is 0 Å². The molecule has 1 aromatic heterocycles. The number of aromatic nitrogens is 4. The Bertz CT molecular complexity index is 297. The fourth-order valence-electron chi connectivity index (χ4n) is 0.919. The number of hydrogen-bond acceptors (Lipinski definition) is 4. The SMILES string of the molecule is CC(C)Cn1nnnc1SC/C=C/Cl. The second-order valence-electron chi connectivity index (χ2n) is 3.21. The van der Waals surface area contributed by atoms with Crippen LogP contribution in [0.1, 0.15) is 13.8 Å². The van der Waals surface area contributed by atoms with Crippen molar-refractivity contribution in [1.29, 1.82) is 0 Å². The average molecular weight is 233 g/mol. The first-order chi connectivity index (χ1) is 6.74. The molecular formula is C8H13ClN4S. The van der Waals surface area contributed by atoms with Crippen LogP contribution in [0.3, 0.4) is 0 Å². The highest BCUT2D eigenvalue weighted by Gasteiger charge is 2.06. The minimum Gasteiger partial charge on any atom is -0.220 e. The Labute approximate surface area is 92.7 Å². The van der Waals surface area contributed by atoms with Crippen molar-refractivity contribution in [3.05, 3.63) is 11.6 Å². The minimum absolute atomic E-state index is 0.543. The van der Waals surface area contributed by atoms with Crippen LogP contribution >= 0.6 is 23.4 Å². The summed E-state index contributed by atoms with van der Waals surface area (Å²) in [5, 5.41) is 12.3. The van der Waals surface area contributed by atoms with Gasteiger partial charge in [0.15, 0.2) is 0 Å². The van der Waals surface area contributed by atoms with Gasteiger partial charge in [-0.05, 0) is 16.3 Å². The molecule has 14 heavy (non-hydrogen) atoms. The Morgan fingerprint density at radius 1 is 1.57 bits per heavy atom. The number of thioether (sulfide) groups is 1. The molecule has 0 saturated carbocycles. The second-order valence-corrected chi connectivity index (χ2v) is 4.45. The van der Waals surface area contributed by atoms with Crippen LogP contribution in [-0.4, -0.2) is 26.0 Å². The van der Waals surface area contributed by atoms with E-state index in [-0.39, 0.29) is 0 Å². The van der Waals surface area contributed by atoms with E-state index in [4.69, 9.17) is 11.6 Å². The molecule has 0 aliphatic carbocycles. The molecule has 1 rings (SSSR count). The van der Waals surface area contributed by atoms with Crippen molar-refractivity contribution in [2.24, 2.45) is 5.92 Å². The molecule has 0 amide bonds. The molecule has 0 aliphatic heterocycles. The van der Waals surface area contributed by atoms with E-state index in [0.717, 1.165) is 17.5 Å². The van der Waals surface area contributed by atoms with Crippen LogP contribution in [0.2, 0.25) is 0 Å². The van der Waals surface area contributed by atoms with Gasteiger partial charge < -0.3 is 0 Å². The zero-order valence-corrected chi connectivity index (χ0v) is 9.79. The predicted molar refractivity (Wildman–Crippen MR) is 58.4 cm³/mol. The van der Waals surface area contributed by atoms with E-state index >= 15 is 0 Å². The van der Waals surface area contributed by atoms with Gasteiger partial charge in [-0.3, -0.25) is 0 Å². The van der Waals surface area contributed by atoms with Crippen molar-refractivity contribution < 1.29 is 0 Å². The lowest BCUT2D eigenvalue weighted by Crippen LogP contribution is -2.07. The van der Waals surface area contributed by atoms with Gasteiger partial charge in [0, 0.05) is 17.8 Å². The molecule has 78 valence electrons. The minimum atomic E-state index is 0.543. The summed E-state index contributed by atoms with van der Waals surface area (Å²) in [6.45, 7) is 5.11. The van der Waals surface area contributed by atoms with Crippen molar-refractivity contribution in [1.82, 2.24) is 20.2 Å². The van der Waals surface area contributed by atoms with Crippen LogP contribution in [0.15, 0.2) is 16.8 Å². The summed E-state index contributed by atoms with van der Waals surface area (Å²) in [5.74, 6) is 1.34. The summed E-state index contributed by atoms with van der Waals surface area (Å²) in [4.78, 5) is 0. The van der Waals surface area contributed by atoms with Crippen molar-refractivity contribution in [3.8, 4) is 0 Å². The molecule has 0 aromatic carbocycles. The van der Waals surface area contributed by atoms with Gasteiger partial charge >= 0.3 is 0 Å². The fourth-order valence-corrected chi connectivity index (χ4v) is 1.81. The van der Waals surface area contributed by atoms with E-state index < -0.39 is 0 Å². The van der Waals surface area contributed by atoms with E-state index in [0.29, 0.717) is 5.92 Å². The number of nitrogens with zero attached hydrogens (tertiary/aromatic N) is 4. The molecule has 4 nitrogen and oxygen atoms in total. The van der Waals surface area contributed by atoms with Crippen molar-refractivity contribution in [2.45, 2.75) is 25.5 Å². The molecule has 0 radical (unpaired) electrons. The topological polar surface area (TPSA) is 43.6 Å². The van der Waals surface area contributed by atoms with E-state index in [9.17, 15) is 0 Å². The lowest BCUT2D eigenvalue weighted by atomic mass is 10.2. The van der Waals surface area contributed by atoms with Crippen LogP contribution in [0.4, 0.5) is 0 Å². The van der Waals surface area contributed by atoms with Gasteiger partial charge in [-0.25, -0.2) is 4.68 Å².